The van der Waals surface area contributed by atoms with Crippen LogP contribution in [0.5, 0.6) is 5.75 Å². The first-order valence-corrected chi connectivity index (χ1v) is 8.15. The van der Waals surface area contributed by atoms with Gasteiger partial charge in [0.15, 0.2) is 0 Å². The van der Waals surface area contributed by atoms with Crippen LogP contribution in [-0.4, -0.2) is 13.7 Å². The Balaban J connectivity index is 2.13. The summed E-state index contributed by atoms with van der Waals surface area (Å²) < 4.78 is 6.92. The maximum absolute atomic E-state index is 6.45. The monoisotopic (exact) mass is 365 g/mol. The average Bonchev–Trinajstić information content (AvgIpc) is 2.89. The fourth-order valence-corrected chi connectivity index (χ4v) is 3.72. The molecule has 0 fully saturated rings. The van der Waals surface area contributed by atoms with E-state index in [0.717, 1.165) is 45.0 Å². The summed E-state index contributed by atoms with van der Waals surface area (Å²) in [7, 11) is 1.95. The maximum Gasteiger partial charge on any atom is 0.127 e. The number of benzene rings is 2. The highest BCUT2D eigenvalue weighted by Gasteiger charge is 2.24. The Bertz CT molecular complexity index is 687. The molecule has 2 aromatic carbocycles. The topological polar surface area (TPSA) is 21.3 Å². The molecule has 110 valence electrons. The predicted octanol–water partition coefficient (Wildman–Crippen LogP) is 4.65. The molecule has 0 amide bonds. The molecule has 4 heteroatoms. The summed E-state index contributed by atoms with van der Waals surface area (Å²) in [6, 6.07) is 10.4. The van der Waals surface area contributed by atoms with Crippen LogP contribution in [0.2, 0.25) is 5.02 Å². The first-order chi connectivity index (χ1) is 10.1. The first kappa shape index (κ1) is 14.9. The number of fused-ring (bicyclic) bond motifs is 1. The van der Waals surface area contributed by atoms with Gasteiger partial charge in [0.2, 0.25) is 0 Å². The van der Waals surface area contributed by atoms with E-state index in [0.29, 0.717) is 0 Å². The highest BCUT2D eigenvalue weighted by Crippen LogP contribution is 2.40. The van der Waals surface area contributed by atoms with Crippen LogP contribution < -0.4 is 10.1 Å². The lowest BCUT2D eigenvalue weighted by Gasteiger charge is -2.21. The fraction of sp³-hybridized carbons (Fsp3) is 0.294. The second-order valence-electron chi connectivity index (χ2n) is 5.33. The maximum atomic E-state index is 6.45. The van der Waals surface area contributed by atoms with Crippen molar-refractivity contribution in [1.82, 2.24) is 5.32 Å². The molecular weight excluding hydrogens is 350 g/mol. The number of halogens is 2. The molecule has 1 unspecified atom stereocenters. The van der Waals surface area contributed by atoms with E-state index in [9.17, 15) is 0 Å². The van der Waals surface area contributed by atoms with Crippen LogP contribution in [0.4, 0.5) is 0 Å². The quantitative estimate of drug-likeness (QED) is 0.853. The molecule has 3 rings (SSSR count). The van der Waals surface area contributed by atoms with Crippen molar-refractivity contribution in [2.45, 2.75) is 19.4 Å². The third-order valence-electron chi connectivity index (χ3n) is 3.84. The number of rotatable bonds is 3. The predicted molar refractivity (Wildman–Crippen MR) is 90.4 cm³/mol. The number of aryl methyl sites for hydroxylation is 1. The molecule has 0 saturated heterocycles. The van der Waals surface area contributed by atoms with Gasteiger partial charge in [-0.15, -0.1) is 0 Å². The van der Waals surface area contributed by atoms with E-state index in [2.05, 4.69) is 45.5 Å². The third kappa shape index (κ3) is 2.83. The van der Waals surface area contributed by atoms with E-state index in [1.807, 2.05) is 20.0 Å². The second kappa shape index (κ2) is 5.99. The van der Waals surface area contributed by atoms with Crippen molar-refractivity contribution in [2.75, 3.05) is 13.7 Å². The zero-order valence-electron chi connectivity index (χ0n) is 12.0. The van der Waals surface area contributed by atoms with Crippen molar-refractivity contribution in [3.8, 4) is 5.75 Å². The average molecular weight is 367 g/mol. The highest BCUT2D eigenvalue weighted by atomic mass is 79.9. The van der Waals surface area contributed by atoms with Crippen molar-refractivity contribution < 1.29 is 4.74 Å². The molecule has 1 aliphatic rings. The normalized spacial score (nSPS) is 14.7. The zero-order valence-corrected chi connectivity index (χ0v) is 14.4. The van der Waals surface area contributed by atoms with E-state index in [1.165, 1.54) is 5.56 Å². The molecule has 21 heavy (non-hydrogen) atoms. The molecule has 1 N–H and O–H groups in total. The van der Waals surface area contributed by atoms with Gasteiger partial charge in [-0.25, -0.2) is 0 Å². The van der Waals surface area contributed by atoms with Crippen molar-refractivity contribution >= 4 is 27.5 Å². The Morgan fingerprint density at radius 3 is 2.76 bits per heavy atom. The van der Waals surface area contributed by atoms with Gasteiger partial charge in [0.05, 0.1) is 12.6 Å². The van der Waals surface area contributed by atoms with Gasteiger partial charge in [0.25, 0.3) is 0 Å². The lowest BCUT2D eigenvalue weighted by molar-refractivity contribution is 0.351. The van der Waals surface area contributed by atoms with Crippen LogP contribution in [0.3, 0.4) is 0 Å². The summed E-state index contributed by atoms with van der Waals surface area (Å²) in [6.45, 7) is 2.79. The lowest BCUT2D eigenvalue weighted by Crippen LogP contribution is -2.19. The van der Waals surface area contributed by atoms with Crippen molar-refractivity contribution in [3.05, 3.63) is 62.1 Å². The summed E-state index contributed by atoms with van der Waals surface area (Å²) in [6.07, 6.45) is 0.958. The van der Waals surface area contributed by atoms with Crippen LogP contribution in [-0.2, 0) is 6.42 Å². The molecule has 1 aliphatic heterocycles. The van der Waals surface area contributed by atoms with E-state index in [1.54, 1.807) is 0 Å². The Labute approximate surface area is 138 Å². The largest absolute Gasteiger partial charge is 0.493 e. The summed E-state index contributed by atoms with van der Waals surface area (Å²) in [5.41, 5.74) is 4.61. The molecule has 1 atom stereocenters. The SMILES string of the molecule is CNC(c1ccc(C)cc1Cl)c1cc(Br)cc2c1OCC2. The van der Waals surface area contributed by atoms with E-state index < -0.39 is 0 Å². The molecule has 0 aromatic heterocycles. The lowest BCUT2D eigenvalue weighted by atomic mass is 9.95. The molecule has 0 saturated carbocycles. The Kier molecular flexibility index (Phi) is 4.25. The summed E-state index contributed by atoms with van der Waals surface area (Å²) in [5.74, 6) is 0.995. The molecule has 0 aliphatic carbocycles. The molecule has 2 nitrogen and oxygen atoms in total. The van der Waals surface area contributed by atoms with Gasteiger partial charge >= 0.3 is 0 Å². The fourth-order valence-electron chi connectivity index (χ4n) is 2.86. The number of nitrogens with one attached hydrogen (secondary N) is 1. The standard InChI is InChI=1S/C17H17BrClNO/c1-10-3-4-13(15(19)7-10)16(20-2)14-9-12(18)8-11-5-6-21-17(11)14/h3-4,7-9,16,20H,5-6H2,1-2H3. The molecule has 0 radical (unpaired) electrons. The van der Waals surface area contributed by atoms with Crippen molar-refractivity contribution in [1.29, 1.82) is 0 Å². The van der Waals surface area contributed by atoms with Gasteiger partial charge in [0, 0.05) is 21.5 Å². The number of hydrogen-bond acceptors (Lipinski definition) is 2. The van der Waals surface area contributed by atoms with Gasteiger partial charge in [-0.2, -0.15) is 0 Å². The van der Waals surface area contributed by atoms with Crippen LogP contribution >= 0.6 is 27.5 Å². The van der Waals surface area contributed by atoms with Gasteiger partial charge in [0.1, 0.15) is 5.75 Å². The molecular formula is C17H17BrClNO. The van der Waals surface area contributed by atoms with E-state index >= 15 is 0 Å². The summed E-state index contributed by atoms with van der Waals surface area (Å²) in [4.78, 5) is 0. The summed E-state index contributed by atoms with van der Waals surface area (Å²) >= 11 is 10.1. The smallest absolute Gasteiger partial charge is 0.127 e. The van der Waals surface area contributed by atoms with Crippen LogP contribution in [0.25, 0.3) is 0 Å². The molecule has 1 heterocycles. The summed E-state index contributed by atoms with van der Waals surface area (Å²) in [5, 5.41) is 4.15. The first-order valence-electron chi connectivity index (χ1n) is 6.98. The number of ether oxygens (including phenoxy) is 1. The Morgan fingerprint density at radius 2 is 2.05 bits per heavy atom. The van der Waals surface area contributed by atoms with E-state index in [4.69, 9.17) is 16.3 Å². The van der Waals surface area contributed by atoms with Crippen molar-refractivity contribution in [3.63, 3.8) is 0 Å². The second-order valence-corrected chi connectivity index (χ2v) is 6.65. The molecule has 0 spiro atoms. The zero-order chi connectivity index (χ0) is 15.0. The minimum absolute atomic E-state index is 0.0162. The molecule has 0 bridgehead atoms. The Hall–Kier alpha value is -1.03. The Morgan fingerprint density at radius 1 is 1.24 bits per heavy atom. The number of hydrogen-bond donors (Lipinski definition) is 1. The third-order valence-corrected chi connectivity index (χ3v) is 4.63. The van der Waals surface area contributed by atoms with Crippen LogP contribution in [0.15, 0.2) is 34.8 Å². The van der Waals surface area contributed by atoms with Gasteiger partial charge in [-0.05, 0) is 48.9 Å². The minimum atomic E-state index is 0.0162. The molecule has 2 aromatic rings. The minimum Gasteiger partial charge on any atom is -0.493 e. The van der Waals surface area contributed by atoms with Gasteiger partial charge in [-0.1, -0.05) is 39.7 Å². The van der Waals surface area contributed by atoms with Crippen LogP contribution in [0.1, 0.15) is 28.3 Å². The highest BCUT2D eigenvalue weighted by molar-refractivity contribution is 9.10. The van der Waals surface area contributed by atoms with E-state index in [-0.39, 0.29) is 6.04 Å². The van der Waals surface area contributed by atoms with Gasteiger partial charge in [-0.3, -0.25) is 0 Å². The van der Waals surface area contributed by atoms with Crippen LogP contribution in [0, 0.1) is 6.92 Å². The van der Waals surface area contributed by atoms with Crippen molar-refractivity contribution in [2.24, 2.45) is 0 Å². The van der Waals surface area contributed by atoms with Gasteiger partial charge < -0.3 is 10.1 Å².